The highest BCUT2D eigenvalue weighted by Crippen LogP contribution is 2.25. The molecular formula is C16H12N4OS. The Morgan fingerprint density at radius 3 is 2.82 bits per heavy atom. The van der Waals surface area contributed by atoms with Crippen LogP contribution in [0, 0.1) is 11.3 Å². The number of hydrogen-bond acceptors (Lipinski definition) is 6. The normalized spacial score (nSPS) is 10.7. The number of nitrogens with zero attached hydrogens (tertiary/aromatic N) is 3. The van der Waals surface area contributed by atoms with Crippen LogP contribution in [0.25, 0.3) is 10.2 Å². The van der Waals surface area contributed by atoms with Crippen molar-refractivity contribution in [1.82, 2.24) is 4.98 Å². The molecule has 0 amide bonds. The van der Waals surface area contributed by atoms with Crippen molar-refractivity contribution >= 4 is 32.9 Å². The predicted octanol–water partition coefficient (Wildman–Crippen LogP) is 3.64. The van der Waals surface area contributed by atoms with E-state index in [0.717, 1.165) is 20.9 Å². The monoisotopic (exact) mass is 308 g/mol. The first-order valence-electron chi connectivity index (χ1n) is 6.59. The van der Waals surface area contributed by atoms with Crippen molar-refractivity contribution in [2.45, 2.75) is 0 Å². The van der Waals surface area contributed by atoms with Crippen molar-refractivity contribution in [3.63, 3.8) is 0 Å². The maximum Gasteiger partial charge on any atom is 0.204 e. The number of rotatable bonds is 5. The van der Waals surface area contributed by atoms with Crippen molar-refractivity contribution in [3.8, 4) is 11.8 Å². The van der Waals surface area contributed by atoms with Crippen molar-refractivity contribution < 1.29 is 4.74 Å². The van der Waals surface area contributed by atoms with E-state index in [0.29, 0.717) is 5.75 Å². The average Bonchev–Trinajstić information content (AvgIpc) is 2.97. The summed E-state index contributed by atoms with van der Waals surface area (Å²) in [4.78, 5) is 4.43. The van der Waals surface area contributed by atoms with Crippen LogP contribution in [-0.4, -0.2) is 17.8 Å². The lowest BCUT2D eigenvalue weighted by Gasteiger charge is -2.00. The summed E-state index contributed by atoms with van der Waals surface area (Å²) >= 11 is 1.56. The quantitative estimate of drug-likeness (QED) is 0.577. The van der Waals surface area contributed by atoms with Gasteiger partial charge in [-0.1, -0.05) is 23.5 Å². The zero-order valence-electron chi connectivity index (χ0n) is 11.6. The number of hydrazone groups is 1. The number of thiazole rings is 1. The molecule has 6 heteroatoms. The molecule has 0 aliphatic carbocycles. The van der Waals surface area contributed by atoms with Gasteiger partial charge < -0.3 is 4.74 Å². The molecule has 0 aliphatic rings. The third-order valence-electron chi connectivity index (χ3n) is 2.85. The molecule has 0 bridgehead atoms. The number of anilines is 1. The zero-order valence-corrected chi connectivity index (χ0v) is 12.4. The van der Waals surface area contributed by atoms with Crippen LogP contribution in [0.3, 0.4) is 0 Å². The Morgan fingerprint density at radius 1 is 1.23 bits per heavy atom. The van der Waals surface area contributed by atoms with E-state index >= 15 is 0 Å². The van der Waals surface area contributed by atoms with Crippen LogP contribution in [0.2, 0.25) is 0 Å². The van der Waals surface area contributed by atoms with Gasteiger partial charge in [-0.25, -0.2) is 4.98 Å². The number of para-hydroxylation sites is 1. The van der Waals surface area contributed by atoms with Gasteiger partial charge in [-0.15, -0.1) is 0 Å². The van der Waals surface area contributed by atoms with Gasteiger partial charge in [0.15, 0.2) is 6.61 Å². The minimum absolute atomic E-state index is 0.0482. The first-order valence-corrected chi connectivity index (χ1v) is 7.41. The Hall–Kier alpha value is -2.91. The molecule has 22 heavy (non-hydrogen) atoms. The number of ether oxygens (including phenoxy) is 1. The molecule has 0 spiro atoms. The van der Waals surface area contributed by atoms with E-state index in [9.17, 15) is 0 Å². The second kappa shape index (κ2) is 6.70. The molecule has 3 aromatic rings. The van der Waals surface area contributed by atoms with Gasteiger partial charge in [-0.2, -0.15) is 10.4 Å². The molecule has 0 saturated heterocycles. The van der Waals surface area contributed by atoms with Crippen LogP contribution < -0.4 is 10.2 Å². The fourth-order valence-corrected chi connectivity index (χ4v) is 2.66. The molecule has 2 aromatic carbocycles. The molecule has 0 fully saturated rings. The van der Waals surface area contributed by atoms with E-state index in [1.54, 1.807) is 29.7 Å². The van der Waals surface area contributed by atoms with Gasteiger partial charge in [0.1, 0.15) is 11.8 Å². The molecule has 0 unspecified atom stereocenters. The smallest absolute Gasteiger partial charge is 0.204 e. The first-order chi connectivity index (χ1) is 10.8. The topological polar surface area (TPSA) is 70.3 Å². The van der Waals surface area contributed by atoms with Crippen LogP contribution in [0.1, 0.15) is 5.56 Å². The fraction of sp³-hybridized carbons (Fsp3) is 0.0625. The maximum atomic E-state index is 8.45. The lowest BCUT2D eigenvalue weighted by atomic mass is 10.2. The molecule has 0 saturated carbocycles. The zero-order chi connectivity index (χ0) is 15.2. The molecule has 0 atom stereocenters. The number of aromatic nitrogens is 1. The Morgan fingerprint density at radius 2 is 2.05 bits per heavy atom. The summed E-state index contributed by atoms with van der Waals surface area (Å²) in [5.74, 6) is 0.665. The van der Waals surface area contributed by atoms with Crippen molar-refractivity contribution in [3.05, 3.63) is 54.1 Å². The molecule has 1 heterocycles. The van der Waals surface area contributed by atoms with Crippen LogP contribution in [0.15, 0.2) is 53.6 Å². The minimum atomic E-state index is 0.0482. The molecule has 0 radical (unpaired) electrons. The average molecular weight is 308 g/mol. The van der Waals surface area contributed by atoms with Gasteiger partial charge in [-0.3, -0.25) is 5.43 Å². The lowest BCUT2D eigenvalue weighted by Crippen LogP contribution is -1.94. The highest BCUT2D eigenvalue weighted by atomic mass is 32.1. The van der Waals surface area contributed by atoms with Gasteiger partial charge in [-0.05, 0) is 42.0 Å². The van der Waals surface area contributed by atoms with E-state index in [1.807, 2.05) is 42.5 Å². The number of benzene rings is 2. The SMILES string of the molecule is N#CCOc1ccc(/C=N/Nc2nc3ccccc3s2)cc1. The summed E-state index contributed by atoms with van der Waals surface area (Å²) in [6, 6.07) is 17.2. The van der Waals surface area contributed by atoms with E-state index in [4.69, 9.17) is 10.00 Å². The first kappa shape index (κ1) is 14.0. The van der Waals surface area contributed by atoms with Crippen LogP contribution in [-0.2, 0) is 0 Å². The Kier molecular flexibility index (Phi) is 4.27. The largest absolute Gasteiger partial charge is 0.479 e. The molecule has 5 nitrogen and oxygen atoms in total. The number of fused-ring (bicyclic) bond motifs is 1. The fourth-order valence-electron chi connectivity index (χ4n) is 1.85. The summed E-state index contributed by atoms with van der Waals surface area (Å²) in [5, 5.41) is 13.4. The highest BCUT2D eigenvalue weighted by Gasteiger charge is 2.00. The van der Waals surface area contributed by atoms with Gasteiger partial charge >= 0.3 is 0 Å². The summed E-state index contributed by atoms with van der Waals surface area (Å²) in [6.07, 6.45) is 1.71. The van der Waals surface area contributed by atoms with Crippen molar-refractivity contribution in [2.24, 2.45) is 5.10 Å². The third-order valence-corrected chi connectivity index (χ3v) is 3.79. The summed E-state index contributed by atoms with van der Waals surface area (Å²) < 4.78 is 6.31. The summed E-state index contributed by atoms with van der Waals surface area (Å²) in [6.45, 7) is 0.0482. The minimum Gasteiger partial charge on any atom is -0.479 e. The maximum absolute atomic E-state index is 8.45. The molecule has 1 N–H and O–H groups in total. The third kappa shape index (κ3) is 3.40. The number of nitrogens with one attached hydrogen (secondary N) is 1. The van der Waals surface area contributed by atoms with E-state index < -0.39 is 0 Å². The van der Waals surface area contributed by atoms with Crippen molar-refractivity contribution in [1.29, 1.82) is 5.26 Å². The molecular weight excluding hydrogens is 296 g/mol. The Balaban J connectivity index is 1.63. The van der Waals surface area contributed by atoms with E-state index in [-0.39, 0.29) is 6.61 Å². The number of hydrogen-bond donors (Lipinski definition) is 1. The van der Waals surface area contributed by atoms with Gasteiger partial charge in [0.25, 0.3) is 0 Å². The van der Waals surface area contributed by atoms with Crippen LogP contribution in [0.4, 0.5) is 5.13 Å². The molecule has 1 aromatic heterocycles. The second-order valence-electron chi connectivity index (χ2n) is 4.37. The predicted molar refractivity (Wildman–Crippen MR) is 88.4 cm³/mol. The Labute approximate surface area is 131 Å². The standard InChI is InChI=1S/C16H12N4OS/c17-9-10-21-13-7-5-12(6-8-13)11-18-20-16-19-14-3-1-2-4-15(14)22-16/h1-8,11H,10H2,(H,19,20)/b18-11+. The highest BCUT2D eigenvalue weighted by molar-refractivity contribution is 7.22. The van der Waals surface area contributed by atoms with Crippen molar-refractivity contribution in [2.75, 3.05) is 12.0 Å². The second-order valence-corrected chi connectivity index (χ2v) is 5.40. The van der Waals surface area contributed by atoms with Crippen LogP contribution >= 0.6 is 11.3 Å². The number of nitriles is 1. The van der Waals surface area contributed by atoms with Gasteiger partial charge in [0, 0.05) is 0 Å². The molecule has 0 aliphatic heterocycles. The molecule has 108 valence electrons. The summed E-state index contributed by atoms with van der Waals surface area (Å²) in [5.41, 5.74) is 4.82. The van der Waals surface area contributed by atoms with Gasteiger partial charge in [0.05, 0.1) is 16.4 Å². The van der Waals surface area contributed by atoms with Gasteiger partial charge in [0.2, 0.25) is 5.13 Å². The van der Waals surface area contributed by atoms with Crippen LogP contribution in [0.5, 0.6) is 5.75 Å². The van der Waals surface area contributed by atoms with E-state index in [1.165, 1.54) is 0 Å². The lowest BCUT2D eigenvalue weighted by molar-refractivity contribution is 0.368. The van der Waals surface area contributed by atoms with E-state index in [2.05, 4.69) is 15.5 Å². The Bertz CT molecular complexity index is 800. The molecule has 3 rings (SSSR count). The summed E-state index contributed by atoms with van der Waals surface area (Å²) in [7, 11) is 0.